The van der Waals surface area contributed by atoms with Gasteiger partial charge in [-0.15, -0.1) is 0 Å². The van der Waals surface area contributed by atoms with Crippen LogP contribution in [0.1, 0.15) is 6.42 Å². The van der Waals surface area contributed by atoms with E-state index in [0.717, 1.165) is 9.94 Å². The first-order valence-corrected chi connectivity index (χ1v) is 6.46. The molecule has 0 amide bonds. The van der Waals surface area contributed by atoms with E-state index < -0.39 is 6.10 Å². The lowest BCUT2D eigenvalue weighted by atomic mass is 10.1. The Balaban J connectivity index is 1.82. The van der Waals surface area contributed by atoms with E-state index in [-0.39, 0.29) is 0 Å². The minimum absolute atomic E-state index is 0.423. The van der Waals surface area contributed by atoms with E-state index in [1.54, 1.807) is 11.8 Å². The maximum Gasteiger partial charge on any atom is 0.218 e. The van der Waals surface area contributed by atoms with E-state index in [4.69, 9.17) is 10.1 Å². The highest BCUT2D eigenvalue weighted by Gasteiger charge is 2.20. The van der Waals surface area contributed by atoms with Crippen LogP contribution in [0.15, 0.2) is 52.5 Å². The second-order valence-electron chi connectivity index (χ2n) is 4.02. The number of thioether (sulfide) groups is 1. The first-order chi connectivity index (χ1) is 8.85. The van der Waals surface area contributed by atoms with Gasteiger partial charge in [0.1, 0.15) is 11.1 Å². The number of hydrogen-bond acceptors (Lipinski definition) is 4. The Morgan fingerprint density at radius 2 is 2.06 bits per heavy atom. The number of hydrogen-bond donors (Lipinski definition) is 0. The van der Waals surface area contributed by atoms with Crippen LogP contribution >= 0.6 is 11.8 Å². The molecule has 0 radical (unpaired) electrons. The molecule has 0 spiro atoms. The van der Waals surface area contributed by atoms with Crippen molar-refractivity contribution in [3.05, 3.63) is 42.5 Å². The Labute approximate surface area is 109 Å². The number of benzene rings is 2. The van der Waals surface area contributed by atoms with Gasteiger partial charge in [-0.25, -0.2) is 0 Å². The van der Waals surface area contributed by atoms with Crippen LogP contribution < -0.4 is 0 Å². The van der Waals surface area contributed by atoms with Crippen LogP contribution in [0.5, 0.6) is 0 Å². The van der Waals surface area contributed by atoms with Gasteiger partial charge in [0.2, 0.25) is 6.10 Å². The summed E-state index contributed by atoms with van der Waals surface area (Å²) in [6.07, 6.45) is 0.154. The average Bonchev–Trinajstić information content (AvgIpc) is 2.86. The van der Waals surface area contributed by atoms with Crippen LogP contribution in [0.3, 0.4) is 0 Å². The van der Waals surface area contributed by atoms with Gasteiger partial charge in [-0.05, 0) is 22.9 Å². The molecule has 1 aliphatic heterocycles. The van der Waals surface area contributed by atoms with Crippen molar-refractivity contribution in [1.29, 1.82) is 5.26 Å². The van der Waals surface area contributed by atoms with Crippen molar-refractivity contribution >= 4 is 27.6 Å². The fourth-order valence-electron chi connectivity index (χ4n) is 1.85. The van der Waals surface area contributed by atoms with Crippen LogP contribution in [0.25, 0.3) is 10.8 Å². The highest BCUT2D eigenvalue weighted by Crippen LogP contribution is 2.28. The Morgan fingerprint density at radius 1 is 1.22 bits per heavy atom. The van der Waals surface area contributed by atoms with Gasteiger partial charge in [-0.3, -0.25) is 0 Å². The molecule has 0 aromatic heterocycles. The topological polar surface area (TPSA) is 45.4 Å². The van der Waals surface area contributed by atoms with E-state index in [2.05, 4.69) is 41.6 Å². The fraction of sp³-hybridized carbons (Fsp3) is 0.143. The molecule has 0 aliphatic carbocycles. The summed E-state index contributed by atoms with van der Waals surface area (Å²) in [5.41, 5.74) is 0. The Morgan fingerprint density at radius 3 is 2.83 bits per heavy atom. The summed E-state index contributed by atoms with van der Waals surface area (Å²) in [5, 5.41) is 15.9. The molecule has 18 heavy (non-hydrogen) atoms. The van der Waals surface area contributed by atoms with Crippen molar-refractivity contribution in [2.75, 3.05) is 0 Å². The van der Waals surface area contributed by atoms with Crippen molar-refractivity contribution in [3.8, 4) is 6.07 Å². The van der Waals surface area contributed by atoms with Crippen molar-refractivity contribution in [2.24, 2.45) is 5.16 Å². The molecule has 1 atom stereocenters. The zero-order valence-corrected chi connectivity index (χ0v) is 10.4. The van der Waals surface area contributed by atoms with E-state index in [1.165, 1.54) is 10.8 Å². The summed E-state index contributed by atoms with van der Waals surface area (Å²) in [5.74, 6) is 0. The lowest BCUT2D eigenvalue weighted by Gasteiger charge is -2.02. The third-order valence-electron chi connectivity index (χ3n) is 2.74. The van der Waals surface area contributed by atoms with Gasteiger partial charge in [0.25, 0.3) is 0 Å². The van der Waals surface area contributed by atoms with Crippen LogP contribution in [-0.2, 0) is 4.84 Å². The number of rotatable bonds is 1. The summed E-state index contributed by atoms with van der Waals surface area (Å²) in [7, 11) is 0. The molecule has 0 saturated heterocycles. The molecular weight excluding hydrogens is 244 g/mol. The number of nitrogens with zero attached hydrogens (tertiary/aromatic N) is 2. The van der Waals surface area contributed by atoms with Gasteiger partial charge in [-0.2, -0.15) is 5.26 Å². The summed E-state index contributed by atoms with van der Waals surface area (Å²) in [4.78, 5) is 6.10. The van der Waals surface area contributed by atoms with Crippen LogP contribution in [0.4, 0.5) is 0 Å². The summed E-state index contributed by atoms with van der Waals surface area (Å²) < 4.78 is 0. The predicted octanol–water partition coefficient (Wildman–Crippen LogP) is 3.56. The maximum atomic E-state index is 8.73. The molecule has 88 valence electrons. The predicted molar refractivity (Wildman–Crippen MR) is 72.3 cm³/mol. The number of fused-ring (bicyclic) bond motifs is 1. The molecule has 1 aliphatic rings. The van der Waals surface area contributed by atoms with E-state index >= 15 is 0 Å². The molecule has 0 fully saturated rings. The minimum atomic E-state index is -0.423. The second-order valence-corrected chi connectivity index (χ2v) is 5.17. The summed E-state index contributed by atoms with van der Waals surface area (Å²) >= 11 is 1.56. The average molecular weight is 254 g/mol. The summed E-state index contributed by atoms with van der Waals surface area (Å²) in [6.45, 7) is 0. The van der Waals surface area contributed by atoms with Crippen molar-refractivity contribution in [3.63, 3.8) is 0 Å². The molecule has 1 unspecified atom stereocenters. The van der Waals surface area contributed by atoms with Crippen LogP contribution in [0, 0.1) is 11.3 Å². The quantitative estimate of drug-likeness (QED) is 0.781. The maximum absolute atomic E-state index is 8.73. The molecule has 0 saturated carbocycles. The molecule has 3 rings (SSSR count). The third-order valence-corrected chi connectivity index (χ3v) is 3.71. The van der Waals surface area contributed by atoms with Gasteiger partial charge in [0.15, 0.2) is 0 Å². The highest BCUT2D eigenvalue weighted by atomic mass is 32.2. The summed E-state index contributed by atoms with van der Waals surface area (Å²) in [6, 6.07) is 16.6. The number of nitriles is 1. The van der Waals surface area contributed by atoms with Crippen LogP contribution in [-0.4, -0.2) is 11.1 Å². The first kappa shape index (κ1) is 11.1. The molecule has 3 nitrogen and oxygen atoms in total. The molecule has 2 aromatic rings. The minimum Gasteiger partial charge on any atom is -0.376 e. The second kappa shape index (κ2) is 4.71. The molecule has 2 aromatic carbocycles. The molecular formula is C14H10N2OS. The van der Waals surface area contributed by atoms with E-state index in [9.17, 15) is 0 Å². The Bertz CT molecular complexity index is 660. The normalized spacial score (nSPS) is 18.2. The number of oxime groups is 1. The zero-order chi connectivity index (χ0) is 12.4. The smallest absolute Gasteiger partial charge is 0.218 e. The van der Waals surface area contributed by atoms with Gasteiger partial charge < -0.3 is 4.84 Å². The monoisotopic (exact) mass is 254 g/mol. The van der Waals surface area contributed by atoms with E-state index in [0.29, 0.717) is 6.42 Å². The first-order valence-electron chi connectivity index (χ1n) is 5.64. The van der Waals surface area contributed by atoms with Gasteiger partial charge in [-0.1, -0.05) is 47.2 Å². The molecule has 1 heterocycles. The van der Waals surface area contributed by atoms with E-state index in [1.807, 2.05) is 12.1 Å². The van der Waals surface area contributed by atoms with Crippen LogP contribution in [0.2, 0.25) is 0 Å². The standard InChI is InChI=1S/C14H10N2OS/c15-9-12-8-14(16-17-12)18-13-6-5-10-3-1-2-4-11(10)7-13/h1-7,12H,8H2. The molecule has 0 bridgehead atoms. The fourth-order valence-corrected chi connectivity index (χ4v) is 2.76. The van der Waals surface area contributed by atoms with Crippen molar-refractivity contribution < 1.29 is 4.84 Å². The molecule has 4 heteroatoms. The lowest BCUT2D eigenvalue weighted by molar-refractivity contribution is 0.125. The lowest BCUT2D eigenvalue weighted by Crippen LogP contribution is -2.01. The van der Waals surface area contributed by atoms with Gasteiger partial charge in [0, 0.05) is 4.90 Å². The SMILES string of the molecule is N#CC1CC(Sc2ccc3ccccc3c2)=NO1. The van der Waals surface area contributed by atoms with Crippen molar-refractivity contribution in [1.82, 2.24) is 0 Å². The Kier molecular flexibility index (Phi) is 2.91. The highest BCUT2D eigenvalue weighted by molar-refractivity contribution is 8.14. The largest absolute Gasteiger partial charge is 0.376 e. The third kappa shape index (κ3) is 2.18. The molecule has 0 N–H and O–H groups in total. The Hall–Kier alpha value is -1.99. The zero-order valence-electron chi connectivity index (χ0n) is 9.54. The van der Waals surface area contributed by atoms with Gasteiger partial charge in [0.05, 0.1) is 6.42 Å². The van der Waals surface area contributed by atoms with Gasteiger partial charge >= 0.3 is 0 Å². The van der Waals surface area contributed by atoms with Crippen molar-refractivity contribution in [2.45, 2.75) is 17.4 Å².